The second-order valence-corrected chi connectivity index (χ2v) is 10.9. The number of aromatic nitrogens is 3. The molecule has 2 atom stereocenters. The summed E-state index contributed by atoms with van der Waals surface area (Å²) in [5, 5.41) is 3.85. The van der Waals surface area contributed by atoms with Crippen LogP contribution >= 0.6 is 0 Å². The molecule has 0 unspecified atom stereocenters. The van der Waals surface area contributed by atoms with Crippen LogP contribution in [-0.4, -0.2) is 77.4 Å². The molecule has 0 bridgehead atoms. The van der Waals surface area contributed by atoms with Crippen molar-refractivity contribution in [1.82, 2.24) is 25.2 Å². The van der Waals surface area contributed by atoms with Crippen LogP contribution in [0.1, 0.15) is 37.3 Å². The van der Waals surface area contributed by atoms with Crippen molar-refractivity contribution in [2.45, 2.75) is 37.9 Å². The third-order valence-corrected chi connectivity index (χ3v) is 8.58. The van der Waals surface area contributed by atoms with Crippen LogP contribution in [-0.2, 0) is 0 Å². The van der Waals surface area contributed by atoms with E-state index in [0.29, 0.717) is 54.0 Å². The number of terminal acetylenes is 1. The van der Waals surface area contributed by atoms with Crippen LogP contribution in [0.2, 0.25) is 0 Å². The number of benzene rings is 1. The van der Waals surface area contributed by atoms with Gasteiger partial charge in [-0.3, -0.25) is 9.88 Å². The van der Waals surface area contributed by atoms with Crippen molar-refractivity contribution in [3.8, 4) is 29.6 Å². The Kier molecular flexibility index (Phi) is 7.45. The SMILES string of the molecule is C#C/C(=C/C)c1c(C=C)cccc1-c1ncc2c(N3CCNCC3)nc(OC[C@@]34CCCN3C[C@H](F)C4)nc2c1F. The number of nitrogens with one attached hydrogen (secondary N) is 1. The molecule has 2 aromatic heterocycles. The van der Waals surface area contributed by atoms with E-state index >= 15 is 4.39 Å². The van der Waals surface area contributed by atoms with Crippen LogP contribution in [0.3, 0.4) is 0 Å². The fourth-order valence-corrected chi connectivity index (χ4v) is 6.58. The second kappa shape index (κ2) is 11.2. The monoisotopic (exact) mass is 556 g/mol. The van der Waals surface area contributed by atoms with E-state index in [1.54, 1.807) is 18.3 Å². The Morgan fingerprint density at radius 1 is 1.29 bits per heavy atom. The lowest BCUT2D eigenvalue weighted by molar-refractivity contribution is 0.107. The average Bonchev–Trinajstić information content (AvgIpc) is 3.53. The van der Waals surface area contributed by atoms with Crippen molar-refractivity contribution in [3.05, 3.63) is 54.0 Å². The molecule has 3 aromatic rings. The van der Waals surface area contributed by atoms with Gasteiger partial charge in [-0.2, -0.15) is 9.97 Å². The molecular weight excluding hydrogens is 522 g/mol. The molecule has 0 aliphatic carbocycles. The molecule has 0 radical (unpaired) electrons. The number of hydrogen-bond donors (Lipinski definition) is 1. The summed E-state index contributed by atoms with van der Waals surface area (Å²) in [6, 6.07) is 5.61. The van der Waals surface area contributed by atoms with Crippen LogP contribution in [0.15, 0.2) is 37.1 Å². The van der Waals surface area contributed by atoms with Crippen molar-refractivity contribution in [2.75, 3.05) is 50.8 Å². The molecule has 9 heteroatoms. The van der Waals surface area contributed by atoms with Crippen molar-refractivity contribution < 1.29 is 13.5 Å². The predicted molar refractivity (Wildman–Crippen MR) is 159 cm³/mol. The minimum Gasteiger partial charge on any atom is -0.461 e. The third-order valence-electron chi connectivity index (χ3n) is 8.58. The first kappa shape index (κ1) is 27.3. The largest absolute Gasteiger partial charge is 0.461 e. The number of halogens is 2. The minimum atomic E-state index is -0.871. The van der Waals surface area contributed by atoms with Crippen LogP contribution < -0.4 is 15.0 Å². The summed E-state index contributed by atoms with van der Waals surface area (Å²) in [6.07, 6.45) is 12.4. The Bertz CT molecular complexity index is 1560. The Morgan fingerprint density at radius 3 is 2.88 bits per heavy atom. The van der Waals surface area contributed by atoms with E-state index in [2.05, 4.69) is 37.6 Å². The zero-order valence-corrected chi connectivity index (χ0v) is 23.3. The standard InChI is InChI=1S/C32H34F2N6O/c1-4-21(5-2)26-22(6-3)9-7-10-24(26)28-27(34)29-25(18-36-28)30(39-15-12-35-13-16-39)38-31(37-29)41-20-32-11-8-14-40(32)19-23(33)17-32/h1,5-7,9-10,18,23,35H,3,8,11-17,19-20H2,2H3/b21-5-/t23-,32+/m1/s1. The number of fused-ring (bicyclic) bond motifs is 2. The lowest BCUT2D eigenvalue weighted by Gasteiger charge is -2.31. The maximum atomic E-state index is 16.6. The highest BCUT2D eigenvalue weighted by Gasteiger charge is 2.49. The summed E-state index contributed by atoms with van der Waals surface area (Å²) in [6.45, 7) is 10.3. The van der Waals surface area contributed by atoms with E-state index in [0.717, 1.165) is 38.0 Å². The molecule has 5 heterocycles. The molecular formula is C32H34F2N6O. The van der Waals surface area contributed by atoms with Crippen molar-refractivity contribution in [1.29, 1.82) is 0 Å². The average molecular weight is 557 g/mol. The Morgan fingerprint density at radius 2 is 2.12 bits per heavy atom. The van der Waals surface area contributed by atoms with Gasteiger partial charge in [0.25, 0.3) is 0 Å². The molecule has 0 amide bonds. The molecule has 3 aliphatic heterocycles. The highest BCUT2D eigenvalue weighted by atomic mass is 19.1. The van der Waals surface area contributed by atoms with Gasteiger partial charge in [-0.1, -0.05) is 42.9 Å². The van der Waals surface area contributed by atoms with E-state index < -0.39 is 12.0 Å². The first-order chi connectivity index (χ1) is 20.0. The van der Waals surface area contributed by atoms with Gasteiger partial charge < -0.3 is 15.0 Å². The van der Waals surface area contributed by atoms with E-state index in [4.69, 9.17) is 16.1 Å². The van der Waals surface area contributed by atoms with E-state index in [9.17, 15) is 4.39 Å². The number of anilines is 1. The molecule has 7 nitrogen and oxygen atoms in total. The normalized spacial score (nSPS) is 23.0. The van der Waals surface area contributed by atoms with Crippen molar-refractivity contribution >= 4 is 28.4 Å². The van der Waals surface area contributed by atoms with Gasteiger partial charge in [0.05, 0.1) is 10.9 Å². The molecule has 212 valence electrons. The van der Waals surface area contributed by atoms with E-state index in [1.807, 2.05) is 25.1 Å². The third kappa shape index (κ3) is 4.85. The lowest BCUT2D eigenvalue weighted by atomic mass is 9.92. The number of rotatable bonds is 7. The molecule has 0 spiro atoms. The second-order valence-electron chi connectivity index (χ2n) is 10.9. The van der Waals surface area contributed by atoms with Gasteiger partial charge in [0.15, 0.2) is 5.82 Å². The number of ether oxygens (including phenoxy) is 1. The highest BCUT2D eigenvalue weighted by Crippen LogP contribution is 2.41. The van der Waals surface area contributed by atoms with Gasteiger partial charge in [0.1, 0.15) is 29.8 Å². The first-order valence-electron chi connectivity index (χ1n) is 14.2. The first-order valence-corrected chi connectivity index (χ1v) is 14.2. The molecule has 3 aliphatic rings. The van der Waals surface area contributed by atoms with Crippen LogP contribution in [0, 0.1) is 18.2 Å². The Hall–Kier alpha value is -3.87. The highest BCUT2D eigenvalue weighted by molar-refractivity contribution is 5.95. The summed E-state index contributed by atoms with van der Waals surface area (Å²) in [5.74, 6) is 2.71. The van der Waals surface area contributed by atoms with E-state index in [1.165, 1.54) is 0 Å². The molecule has 1 aromatic carbocycles. The number of alkyl halides is 1. The number of nitrogens with zero attached hydrogens (tertiary/aromatic N) is 5. The molecule has 3 saturated heterocycles. The number of piperazine rings is 1. The molecule has 6 rings (SSSR count). The number of allylic oxidation sites excluding steroid dienone is 2. The van der Waals surface area contributed by atoms with Gasteiger partial charge in [-0.15, -0.1) is 6.42 Å². The molecule has 0 saturated carbocycles. The van der Waals surface area contributed by atoms with E-state index in [-0.39, 0.29) is 29.4 Å². The fraction of sp³-hybridized carbons (Fsp3) is 0.406. The maximum Gasteiger partial charge on any atom is 0.319 e. The summed E-state index contributed by atoms with van der Waals surface area (Å²) in [4.78, 5) is 18.2. The lowest BCUT2D eigenvalue weighted by Crippen LogP contribution is -2.44. The maximum absolute atomic E-state index is 16.6. The Balaban J connectivity index is 1.47. The van der Waals surface area contributed by atoms with Gasteiger partial charge in [0, 0.05) is 62.0 Å². The zero-order valence-electron chi connectivity index (χ0n) is 23.3. The summed E-state index contributed by atoms with van der Waals surface area (Å²) < 4.78 is 37.2. The smallest absolute Gasteiger partial charge is 0.319 e. The topological polar surface area (TPSA) is 66.4 Å². The van der Waals surface area contributed by atoms with Crippen molar-refractivity contribution in [2.24, 2.45) is 0 Å². The molecule has 3 fully saturated rings. The van der Waals surface area contributed by atoms with Gasteiger partial charge in [-0.05, 0) is 31.9 Å². The Labute approximate surface area is 239 Å². The summed E-state index contributed by atoms with van der Waals surface area (Å²) in [7, 11) is 0. The van der Waals surface area contributed by atoms with Gasteiger partial charge in [-0.25, -0.2) is 8.78 Å². The minimum absolute atomic E-state index is 0.0865. The predicted octanol–water partition coefficient (Wildman–Crippen LogP) is 4.88. The molecule has 1 N–H and O–H groups in total. The van der Waals surface area contributed by atoms with Crippen molar-refractivity contribution in [3.63, 3.8) is 0 Å². The van der Waals surface area contributed by atoms with Crippen LogP contribution in [0.5, 0.6) is 6.01 Å². The van der Waals surface area contributed by atoms with Crippen LogP contribution in [0.25, 0.3) is 33.8 Å². The number of hydrogen-bond acceptors (Lipinski definition) is 7. The summed E-state index contributed by atoms with van der Waals surface area (Å²) in [5.41, 5.74) is 2.54. The number of pyridine rings is 1. The fourth-order valence-electron chi connectivity index (χ4n) is 6.58. The van der Waals surface area contributed by atoms with Gasteiger partial charge >= 0.3 is 6.01 Å². The van der Waals surface area contributed by atoms with Gasteiger partial charge in [0.2, 0.25) is 0 Å². The zero-order chi connectivity index (χ0) is 28.6. The summed E-state index contributed by atoms with van der Waals surface area (Å²) >= 11 is 0. The quantitative estimate of drug-likeness (QED) is 0.417. The molecule has 41 heavy (non-hydrogen) atoms. The van der Waals surface area contributed by atoms with Crippen LogP contribution in [0.4, 0.5) is 14.6 Å².